The summed E-state index contributed by atoms with van der Waals surface area (Å²) in [5, 5.41) is 8.01. The molecule has 2 unspecified atom stereocenters. The first kappa shape index (κ1) is 18.2. The zero-order valence-electron chi connectivity index (χ0n) is 17.2. The van der Waals surface area contributed by atoms with E-state index in [0.717, 1.165) is 29.0 Å². The molecular weight excluding hydrogens is 392 g/mol. The lowest BCUT2D eigenvalue weighted by molar-refractivity contribution is -0.116. The Bertz CT molecular complexity index is 1210. The lowest BCUT2D eigenvalue weighted by Gasteiger charge is -2.35. The van der Waals surface area contributed by atoms with Gasteiger partial charge in [-0.2, -0.15) is 10.1 Å². The maximum absolute atomic E-state index is 13.5. The lowest BCUT2D eigenvalue weighted by Crippen LogP contribution is -2.33. The van der Waals surface area contributed by atoms with Crippen LogP contribution in [0.2, 0.25) is 0 Å². The van der Waals surface area contributed by atoms with Crippen LogP contribution in [0.3, 0.4) is 0 Å². The molecule has 0 amide bonds. The van der Waals surface area contributed by atoms with Gasteiger partial charge in [-0.15, -0.1) is 0 Å². The SMILES string of the molecule is Cc1nc2n(n1)C(c1ccc3c(c1)OCCO3)C1=C(CC(c3ccccc3)CC1=O)N2. The van der Waals surface area contributed by atoms with Crippen molar-refractivity contribution >= 4 is 11.7 Å². The number of carbonyl (C=O) groups excluding carboxylic acids is 1. The normalized spacial score (nSPS) is 21.9. The van der Waals surface area contributed by atoms with Gasteiger partial charge >= 0.3 is 0 Å². The fourth-order valence-electron chi connectivity index (χ4n) is 4.82. The number of anilines is 1. The monoisotopic (exact) mass is 414 g/mol. The van der Waals surface area contributed by atoms with Gasteiger partial charge in [-0.05, 0) is 42.5 Å². The molecule has 0 saturated heterocycles. The number of nitrogens with zero attached hydrogens (tertiary/aromatic N) is 3. The van der Waals surface area contributed by atoms with Gasteiger partial charge in [0, 0.05) is 17.7 Å². The van der Waals surface area contributed by atoms with Gasteiger partial charge in [-0.1, -0.05) is 36.4 Å². The van der Waals surface area contributed by atoms with Crippen molar-refractivity contribution in [3.63, 3.8) is 0 Å². The molecular formula is C24H22N4O3. The second kappa shape index (κ2) is 6.97. The second-order valence-electron chi connectivity index (χ2n) is 8.19. The summed E-state index contributed by atoms with van der Waals surface area (Å²) < 4.78 is 13.3. The van der Waals surface area contributed by atoms with E-state index in [1.165, 1.54) is 5.56 Å². The molecule has 31 heavy (non-hydrogen) atoms. The van der Waals surface area contributed by atoms with Gasteiger partial charge in [0.25, 0.3) is 0 Å². The van der Waals surface area contributed by atoms with Crippen molar-refractivity contribution in [1.82, 2.24) is 14.8 Å². The van der Waals surface area contributed by atoms with Crippen LogP contribution in [0.4, 0.5) is 5.95 Å². The van der Waals surface area contributed by atoms with Crippen molar-refractivity contribution in [3.05, 3.63) is 76.8 Å². The molecule has 0 saturated carbocycles. The number of benzene rings is 2. The Labute approximate surface area is 179 Å². The van der Waals surface area contributed by atoms with Gasteiger partial charge < -0.3 is 14.8 Å². The number of rotatable bonds is 2. The van der Waals surface area contributed by atoms with Gasteiger partial charge in [-0.25, -0.2) is 4.68 Å². The van der Waals surface area contributed by atoms with Crippen LogP contribution < -0.4 is 14.8 Å². The van der Waals surface area contributed by atoms with E-state index in [1.54, 1.807) is 0 Å². The van der Waals surface area contributed by atoms with E-state index in [-0.39, 0.29) is 17.7 Å². The molecule has 0 radical (unpaired) electrons. The predicted octanol–water partition coefficient (Wildman–Crippen LogP) is 3.77. The van der Waals surface area contributed by atoms with E-state index in [9.17, 15) is 4.79 Å². The minimum Gasteiger partial charge on any atom is -0.486 e. The average molecular weight is 414 g/mol. The molecule has 1 aromatic heterocycles. The summed E-state index contributed by atoms with van der Waals surface area (Å²) in [5.41, 5.74) is 3.82. The standard InChI is InChI=1S/C24H22N4O3/c1-14-25-24-26-18-11-17(15-5-3-2-4-6-15)12-19(29)22(18)23(28(24)27-14)16-7-8-20-21(13-16)31-10-9-30-20/h2-8,13,17,23H,9-12H2,1H3,(H,25,26,27). The number of aromatic nitrogens is 3. The topological polar surface area (TPSA) is 78.3 Å². The molecule has 156 valence electrons. The maximum Gasteiger partial charge on any atom is 0.226 e. The van der Waals surface area contributed by atoms with Crippen molar-refractivity contribution in [2.24, 2.45) is 0 Å². The molecule has 3 heterocycles. The van der Waals surface area contributed by atoms with E-state index in [1.807, 2.05) is 48.0 Å². The summed E-state index contributed by atoms with van der Waals surface area (Å²) in [5.74, 6) is 3.05. The largest absolute Gasteiger partial charge is 0.486 e. The number of hydrogen-bond donors (Lipinski definition) is 1. The van der Waals surface area contributed by atoms with Crippen LogP contribution in [0.15, 0.2) is 59.8 Å². The van der Waals surface area contributed by atoms with Gasteiger partial charge in [0.15, 0.2) is 17.3 Å². The van der Waals surface area contributed by atoms with Gasteiger partial charge in [0.05, 0.1) is 0 Å². The summed E-state index contributed by atoms with van der Waals surface area (Å²) in [6.45, 7) is 2.92. The highest BCUT2D eigenvalue weighted by Gasteiger charge is 2.40. The Kier molecular flexibility index (Phi) is 4.09. The third-order valence-corrected chi connectivity index (χ3v) is 6.18. The van der Waals surface area contributed by atoms with Crippen LogP contribution >= 0.6 is 0 Å². The first-order valence-electron chi connectivity index (χ1n) is 10.6. The van der Waals surface area contributed by atoms with Crippen molar-refractivity contribution in [3.8, 4) is 11.5 Å². The Hall–Kier alpha value is -3.61. The number of fused-ring (bicyclic) bond motifs is 2. The molecule has 6 rings (SSSR count). The molecule has 2 aliphatic heterocycles. The number of aryl methyl sites for hydroxylation is 1. The Morgan fingerprint density at radius 3 is 2.65 bits per heavy atom. The highest BCUT2D eigenvalue weighted by Crippen LogP contribution is 2.45. The van der Waals surface area contributed by atoms with Gasteiger partial charge in [0.2, 0.25) is 5.95 Å². The summed E-state index contributed by atoms with van der Waals surface area (Å²) in [6.07, 6.45) is 1.24. The van der Waals surface area contributed by atoms with Crippen LogP contribution in [0, 0.1) is 6.92 Å². The molecule has 1 N–H and O–H groups in total. The van der Waals surface area contributed by atoms with Gasteiger partial charge in [-0.3, -0.25) is 4.79 Å². The predicted molar refractivity (Wildman–Crippen MR) is 114 cm³/mol. The van der Waals surface area contributed by atoms with Crippen LogP contribution in [0.5, 0.6) is 11.5 Å². The number of Topliss-reactive ketones (excluding diaryl/α,β-unsaturated/α-hetero) is 1. The Balaban J connectivity index is 1.46. The summed E-state index contributed by atoms with van der Waals surface area (Å²) in [6, 6.07) is 15.8. The fraction of sp³-hybridized carbons (Fsp3) is 0.292. The summed E-state index contributed by atoms with van der Waals surface area (Å²) in [4.78, 5) is 18.1. The molecule has 3 aliphatic rings. The first-order chi connectivity index (χ1) is 15.2. The van der Waals surface area contributed by atoms with Crippen LogP contribution in [-0.2, 0) is 4.79 Å². The quantitative estimate of drug-likeness (QED) is 0.688. The van der Waals surface area contributed by atoms with Crippen LogP contribution in [0.1, 0.15) is 41.8 Å². The number of carbonyl (C=O) groups is 1. The van der Waals surface area contributed by atoms with Gasteiger partial charge in [0.1, 0.15) is 25.1 Å². The molecule has 0 fully saturated rings. The maximum atomic E-state index is 13.5. The second-order valence-corrected chi connectivity index (χ2v) is 8.19. The molecule has 0 spiro atoms. The Morgan fingerprint density at radius 1 is 1.00 bits per heavy atom. The molecule has 7 nitrogen and oxygen atoms in total. The van der Waals surface area contributed by atoms with Crippen LogP contribution in [-0.4, -0.2) is 33.8 Å². The highest BCUT2D eigenvalue weighted by molar-refractivity contribution is 6.00. The first-order valence-corrected chi connectivity index (χ1v) is 10.6. The fourth-order valence-corrected chi connectivity index (χ4v) is 4.82. The molecule has 2 atom stereocenters. The third-order valence-electron chi connectivity index (χ3n) is 6.18. The van der Waals surface area contributed by atoms with E-state index in [2.05, 4.69) is 27.5 Å². The molecule has 1 aliphatic carbocycles. The zero-order valence-corrected chi connectivity index (χ0v) is 17.2. The van der Waals surface area contributed by atoms with E-state index < -0.39 is 0 Å². The minimum atomic E-state index is -0.340. The van der Waals surface area contributed by atoms with E-state index >= 15 is 0 Å². The van der Waals surface area contributed by atoms with Crippen molar-refractivity contribution in [2.75, 3.05) is 18.5 Å². The summed E-state index contributed by atoms with van der Waals surface area (Å²) >= 11 is 0. The number of nitrogens with one attached hydrogen (secondary N) is 1. The third kappa shape index (κ3) is 3.00. The smallest absolute Gasteiger partial charge is 0.226 e. The van der Waals surface area contributed by atoms with E-state index in [4.69, 9.17) is 9.47 Å². The number of hydrogen-bond acceptors (Lipinski definition) is 6. The molecule has 2 aromatic carbocycles. The zero-order chi connectivity index (χ0) is 20.9. The van der Waals surface area contributed by atoms with Crippen molar-refractivity contribution in [1.29, 1.82) is 0 Å². The lowest BCUT2D eigenvalue weighted by atomic mass is 9.78. The number of ketones is 1. The van der Waals surface area contributed by atoms with E-state index in [0.29, 0.717) is 37.2 Å². The van der Waals surface area contributed by atoms with Crippen LogP contribution in [0.25, 0.3) is 0 Å². The average Bonchev–Trinajstić information content (AvgIpc) is 3.17. The van der Waals surface area contributed by atoms with Crippen molar-refractivity contribution < 1.29 is 14.3 Å². The minimum absolute atomic E-state index is 0.140. The highest BCUT2D eigenvalue weighted by atomic mass is 16.6. The molecule has 7 heteroatoms. The van der Waals surface area contributed by atoms with Crippen molar-refractivity contribution in [2.45, 2.75) is 31.7 Å². The molecule has 3 aromatic rings. The summed E-state index contributed by atoms with van der Waals surface area (Å²) in [7, 11) is 0. The number of ether oxygens (including phenoxy) is 2. The number of allylic oxidation sites excluding steroid dienone is 2. The molecule has 0 bridgehead atoms. The Morgan fingerprint density at radius 2 is 1.81 bits per heavy atom.